The number of hydrogen-bond acceptors (Lipinski definition) is 3. The van der Waals surface area contributed by atoms with Crippen LogP contribution < -0.4 is 10.1 Å². The van der Waals surface area contributed by atoms with Crippen LogP contribution in [-0.4, -0.2) is 24.5 Å². The maximum Gasteiger partial charge on any atom is 0.257 e. The zero-order valence-corrected chi connectivity index (χ0v) is 10.2. The number of pyridine rings is 1. The van der Waals surface area contributed by atoms with E-state index in [4.69, 9.17) is 4.74 Å². The lowest BCUT2D eigenvalue weighted by Crippen LogP contribution is -2.24. The molecule has 0 unspecified atom stereocenters. The van der Waals surface area contributed by atoms with E-state index in [0.29, 0.717) is 18.0 Å². The van der Waals surface area contributed by atoms with Crippen molar-refractivity contribution in [1.29, 1.82) is 0 Å². The molecule has 0 aromatic carbocycles. The lowest BCUT2D eigenvalue weighted by Gasteiger charge is -2.08. The van der Waals surface area contributed by atoms with Crippen LogP contribution in [0.25, 0.3) is 0 Å². The highest BCUT2D eigenvalue weighted by molar-refractivity contribution is 14.1. The summed E-state index contributed by atoms with van der Waals surface area (Å²) in [5, 5.41) is 2.71. The van der Waals surface area contributed by atoms with E-state index in [9.17, 15) is 4.79 Å². The Hall–Kier alpha value is -0.850. The van der Waals surface area contributed by atoms with E-state index in [1.165, 1.54) is 7.11 Å². The van der Waals surface area contributed by atoms with Gasteiger partial charge in [-0.05, 0) is 35.6 Å². The predicted octanol–water partition coefficient (Wildman–Crippen LogP) is 1.44. The van der Waals surface area contributed by atoms with Crippen LogP contribution in [-0.2, 0) is 0 Å². The Morgan fingerprint density at radius 2 is 2.43 bits per heavy atom. The summed E-state index contributed by atoms with van der Waals surface area (Å²) in [6.45, 7) is 2.46. The van der Waals surface area contributed by atoms with Crippen LogP contribution in [0.1, 0.15) is 17.3 Å². The van der Waals surface area contributed by atoms with E-state index >= 15 is 0 Å². The van der Waals surface area contributed by atoms with Crippen LogP contribution in [0, 0.1) is 3.57 Å². The lowest BCUT2D eigenvalue weighted by atomic mass is 10.2. The summed E-state index contributed by atoms with van der Waals surface area (Å²) in [6.07, 6.45) is 1.61. The van der Waals surface area contributed by atoms with Gasteiger partial charge in [0.05, 0.1) is 7.11 Å². The number of nitrogens with one attached hydrogen (secondary N) is 1. The average Bonchev–Trinajstić information content (AvgIpc) is 2.17. The summed E-state index contributed by atoms with van der Waals surface area (Å²) in [7, 11) is 1.50. The van der Waals surface area contributed by atoms with Gasteiger partial charge in [0, 0.05) is 16.3 Å². The van der Waals surface area contributed by atoms with Crippen molar-refractivity contribution in [2.24, 2.45) is 0 Å². The molecule has 0 spiro atoms. The fourth-order valence-electron chi connectivity index (χ4n) is 1.03. The average molecular weight is 306 g/mol. The van der Waals surface area contributed by atoms with Crippen LogP contribution in [0.3, 0.4) is 0 Å². The highest BCUT2D eigenvalue weighted by Gasteiger charge is 2.15. The van der Waals surface area contributed by atoms with Gasteiger partial charge in [-0.1, -0.05) is 0 Å². The molecule has 0 saturated carbocycles. The number of rotatable bonds is 3. The summed E-state index contributed by atoms with van der Waals surface area (Å²) in [5.74, 6) is 0.213. The largest absolute Gasteiger partial charge is 0.480 e. The Balaban J connectivity index is 3.10. The van der Waals surface area contributed by atoms with E-state index in [0.717, 1.165) is 3.57 Å². The third-order valence-corrected chi connectivity index (χ3v) is 2.52. The molecule has 76 valence electrons. The van der Waals surface area contributed by atoms with Crippen molar-refractivity contribution in [3.8, 4) is 5.88 Å². The van der Waals surface area contributed by atoms with Crippen molar-refractivity contribution in [3.05, 3.63) is 21.4 Å². The minimum Gasteiger partial charge on any atom is -0.480 e. The molecule has 1 heterocycles. The number of ether oxygens (including phenoxy) is 1. The number of nitrogens with zero attached hydrogens (tertiary/aromatic N) is 1. The Morgan fingerprint density at radius 3 is 3.00 bits per heavy atom. The Labute approximate surface area is 96.2 Å². The summed E-state index contributed by atoms with van der Waals surface area (Å²) >= 11 is 2.08. The molecule has 5 heteroatoms. The van der Waals surface area contributed by atoms with Gasteiger partial charge in [0.25, 0.3) is 5.91 Å². The highest BCUT2D eigenvalue weighted by atomic mass is 127. The van der Waals surface area contributed by atoms with E-state index < -0.39 is 0 Å². The molecule has 0 aliphatic heterocycles. The number of halogens is 1. The van der Waals surface area contributed by atoms with E-state index in [2.05, 4.69) is 32.9 Å². The SMILES string of the molecule is CCNC(=O)c1c(I)ccnc1OC. The van der Waals surface area contributed by atoms with Crippen LogP contribution in [0.15, 0.2) is 12.3 Å². The molecule has 0 radical (unpaired) electrons. The minimum atomic E-state index is -0.151. The molecule has 0 aliphatic rings. The smallest absolute Gasteiger partial charge is 0.257 e. The number of amides is 1. The van der Waals surface area contributed by atoms with Crippen LogP contribution >= 0.6 is 22.6 Å². The molecule has 0 bridgehead atoms. The lowest BCUT2D eigenvalue weighted by molar-refractivity contribution is 0.0951. The van der Waals surface area contributed by atoms with Crippen molar-refractivity contribution < 1.29 is 9.53 Å². The molecule has 4 nitrogen and oxygen atoms in total. The maximum absolute atomic E-state index is 11.6. The second kappa shape index (κ2) is 5.14. The fraction of sp³-hybridized carbons (Fsp3) is 0.333. The molecule has 0 saturated heterocycles. The van der Waals surface area contributed by atoms with Crippen molar-refractivity contribution in [1.82, 2.24) is 10.3 Å². The van der Waals surface area contributed by atoms with Crippen LogP contribution in [0.4, 0.5) is 0 Å². The molecule has 1 N–H and O–H groups in total. The number of carbonyl (C=O) groups excluding carboxylic acids is 1. The summed E-state index contributed by atoms with van der Waals surface area (Å²) in [4.78, 5) is 15.6. The number of hydrogen-bond donors (Lipinski definition) is 1. The Kier molecular flexibility index (Phi) is 4.12. The molecule has 1 aromatic rings. The topological polar surface area (TPSA) is 51.2 Å². The third kappa shape index (κ3) is 2.34. The highest BCUT2D eigenvalue weighted by Crippen LogP contribution is 2.20. The van der Waals surface area contributed by atoms with Gasteiger partial charge in [0.1, 0.15) is 5.56 Å². The Bertz CT molecular complexity index is 342. The molecule has 0 atom stereocenters. The quantitative estimate of drug-likeness (QED) is 0.860. The maximum atomic E-state index is 11.6. The first-order chi connectivity index (χ1) is 6.70. The summed E-state index contributed by atoms with van der Waals surface area (Å²) in [5.41, 5.74) is 0.498. The van der Waals surface area contributed by atoms with Crippen molar-refractivity contribution >= 4 is 28.5 Å². The van der Waals surface area contributed by atoms with Gasteiger partial charge in [0.15, 0.2) is 0 Å². The van der Waals surface area contributed by atoms with Gasteiger partial charge >= 0.3 is 0 Å². The van der Waals surface area contributed by atoms with Crippen LogP contribution in [0.2, 0.25) is 0 Å². The van der Waals surface area contributed by atoms with Gasteiger partial charge in [-0.25, -0.2) is 4.98 Å². The first-order valence-corrected chi connectivity index (χ1v) is 5.25. The molecular formula is C9H11IN2O2. The van der Waals surface area contributed by atoms with Gasteiger partial charge in [-0.2, -0.15) is 0 Å². The van der Waals surface area contributed by atoms with Crippen molar-refractivity contribution in [2.45, 2.75) is 6.92 Å². The van der Waals surface area contributed by atoms with Gasteiger partial charge in [0.2, 0.25) is 5.88 Å². The molecule has 1 amide bonds. The molecule has 1 rings (SSSR count). The van der Waals surface area contributed by atoms with Gasteiger partial charge in [-0.15, -0.1) is 0 Å². The Morgan fingerprint density at radius 1 is 1.71 bits per heavy atom. The molecule has 0 fully saturated rings. The van der Waals surface area contributed by atoms with E-state index in [1.54, 1.807) is 12.3 Å². The molecule has 1 aromatic heterocycles. The van der Waals surface area contributed by atoms with E-state index in [-0.39, 0.29) is 5.91 Å². The summed E-state index contributed by atoms with van der Waals surface area (Å²) < 4.78 is 5.85. The number of carbonyl (C=O) groups is 1. The number of methoxy groups -OCH3 is 1. The first kappa shape index (κ1) is 11.2. The number of aromatic nitrogens is 1. The van der Waals surface area contributed by atoms with Gasteiger partial charge in [-0.3, -0.25) is 4.79 Å². The third-order valence-electron chi connectivity index (χ3n) is 1.62. The molecular weight excluding hydrogens is 295 g/mol. The van der Waals surface area contributed by atoms with Gasteiger partial charge < -0.3 is 10.1 Å². The van der Waals surface area contributed by atoms with E-state index in [1.807, 2.05) is 6.92 Å². The van der Waals surface area contributed by atoms with Crippen molar-refractivity contribution in [2.75, 3.05) is 13.7 Å². The second-order valence-corrected chi connectivity index (χ2v) is 3.70. The first-order valence-electron chi connectivity index (χ1n) is 4.17. The predicted molar refractivity (Wildman–Crippen MR) is 61.5 cm³/mol. The van der Waals surface area contributed by atoms with Crippen molar-refractivity contribution in [3.63, 3.8) is 0 Å². The fourth-order valence-corrected chi connectivity index (χ4v) is 1.67. The zero-order chi connectivity index (χ0) is 10.6. The molecule has 0 aliphatic carbocycles. The monoisotopic (exact) mass is 306 g/mol. The van der Waals surface area contributed by atoms with Crippen LogP contribution in [0.5, 0.6) is 5.88 Å². The second-order valence-electron chi connectivity index (χ2n) is 2.54. The normalized spacial score (nSPS) is 9.64. The minimum absolute atomic E-state index is 0.151. The summed E-state index contributed by atoms with van der Waals surface area (Å²) in [6, 6.07) is 1.77. The standard InChI is InChI=1S/C9H11IN2O2/c1-3-11-8(13)7-6(10)4-5-12-9(7)14-2/h4-5H,3H2,1-2H3,(H,11,13). The molecule has 14 heavy (non-hydrogen) atoms. The zero-order valence-electron chi connectivity index (χ0n) is 8.00.